The summed E-state index contributed by atoms with van der Waals surface area (Å²) in [5.41, 5.74) is -0.249. The van der Waals surface area contributed by atoms with Crippen LogP contribution in [0, 0.1) is 6.92 Å². The lowest BCUT2D eigenvalue weighted by Crippen LogP contribution is -2.15. The summed E-state index contributed by atoms with van der Waals surface area (Å²) in [6.45, 7) is 4.62. The van der Waals surface area contributed by atoms with Crippen molar-refractivity contribution in [1.82, 2.24) is 0 Å². The molecule has 0 aliphatic carbocycles. The van der Waals surface area contributed by atoms with Gasteiger partial charge in [-0.25, -0.2) is 9.59 Å². The van der Waals surface area contributed by atoms with E-state index in [0.717, 1.165) is 6.08 Å². The summed E-state index contributed by atoms with van der Waals surface area (Å²) < 4.78 is 0. The molecule has 0 bridgehead atoms. The fraction of sp³-hybridized carbons (Fsp3) is 0.0833. The summed E-state index contributed by atoms with van der Waals surface area (Å²) in [5, 5.41) is 20.3. The Bertz CT molecular complexity index is 548. The van der Waals surface area contributed by atoms with Crippen molar-refractivity contribution in [3.63, 3.8) is 0 Å². The van der Waals surface area contributed by atoms with Crippen LogP contribution in [0.25, 0.3) is 0 Å². The van der Waals surface area contributed by atoms with E-state index in [1.807, 2.05) is 0 Å². The molecule has 0 radical (unpaired) electrons. The van der Waals surface area contributed by atoms with Gasteiger partial charge in [0.25, 0.3) is 0 Å². The molecule has 18 heavy (non-hydrogen) atoms. The Morgan fingerprint density at radius 1 is 1.22 bits per heavy atom. The van der Waals surface area contributed by atoms with E-state index in [-0.39, 0.29) is 22.4 Å². The van der Waals surface area contributed by atoms with Crippen LogP contribution in [0.4, 0.5) is 5.69 Å². The second kappa shape index (κ2) is 5.13. The number of nitrogens with one attached hydrogen (secondary N) is 1. The van der Waals surface area contributed by atoms with Crippen molar-refractivity contribution in [3.05, 3.63) is 41.5 Å². The van der Waals surface area contributed by atoms with E-state index in [1.165, 1.54) is 19.1 Å². The van der Waals surface area contributed by atoms with Gasteiger partial charge in [0.2, 0.25) is 5.91 Å². The van der Waals surface area contributed by atoms with Gasteiger partial charge in [0.1, 0.15) is 0 Å². The number of hydrogen-bond acceptors (Lipinski definition) is 3. The summed E-state index contributed by atoms with van der Waals surface area (Å²) in [6.07, 6.45) is 0.992. The largest absolute Gasteiger partial charge is 0.478 e. The Morgan fingerprint density at radius 3 is 2.28 bits per heavy atom. The van der Waals surface area contributed by atoms with E-state index in [2.05, 4.69) is 11.9 Å². The lowest BCUT2D eigenvalue weighted by atomic mass is 10.0. The average Bonchev–Trinajstić information content (AvgIpc) is 2.27. The van der Waals surface area contributed by atoms with Gasteiger partial charge in [-0.2, -0.15) is 0 Å². The van der Waals surface area contributed by atoms with Crippen molar-refractivity contribution in [2.45, 2.75) is 6.92 Å². The number of carboxylic acid groups (broad SMARTS) is 2. The molecule has 1 aromatic carbocycles. The molecule has 94 valence electrons. The highest BCUT2D eigenvalue weighted by atomic mass is 16.4. The minimum absolute atomic E-state index is 0.0369. The molecule has 0 fully saturated rings. The van der Waals surface area contributed by atoms with Crippen molar-refractivity contribution in [2.75, 3.05) is 5.32 Å². The van der Waals surface area contributed by atoms with Gasteiger partial charge in [-0.3, -0.25) is 4.79 Å². The molecule has 6 nitrogen and oxygen atoms in total. The van der Waals surface area contributed by atoms with Crippen LogP contribution in [-0.2, 0) is 4.79 Å². The molecule has 0 atom stereocenters. The Morgan fingerprint density at radius 2 is 1.83 bits per heavy atom. The number of rotatable bonds is 4. The van der Waals surface area contributed by atoms with E-state index < -0.39 is 17.8 Å². The maximum absolute atomic E-state index is 11.1. The molecule has 0 heterocycles. The summed E-state index contributed by atoms with van der Waals surface area (Å²) in [6, 6.07) is 2.48. The van der Waals surface area contributed by atoms with Crippen molar-refractivity contribution >= 4 is 23.5 Å². The molecule has 6 heteroatoms. The molecule has 1 amide bonds. The first-order valence-corrected chi connectivity index (χ1v) is 4.92. The highest BCUT2D eigenvalue weighted by Crippen LogP contribution is 2.23. The van der Waals surface area contributed by atoms with Crippen molar-refractivity contribution in [3.8, 4) is 0 Å². The normalized spacial score (nSPS) is 9.61. The van der Waals surface area contributed by atoms with Gasteiger partial charge in [-0.05, 0) is 30.7 Å². The number of carbonyl (C=O) groups excluding carboxylic acids is 1. The Kier molecular flexibility index (Phi) is 3.83. The standard InChI is InChI=1S/C12H11NO5/c1-3-9(14)13-8-5-4-7(11(15)16)6(2)10(8)12(17)18/h3-5H,1H2,2H3,(H,13,14)(H,15,16)(H,17,18). The maximum Gasteiger partial charge on any atom is 0.338 e. The van der Waals surface area contributed by atoms with E-state index in [4.69, 9.17) is 10.2 Å². The molecule has 0 unspecified atom stereocenters. The van der Waals surface area contributed by atoms with Gasteiger partial charge in [-0.15, -0.1) is 0 Å². The Balaban J connectivity index is 3.41. The lowest BCUT2D eigenvalue weighted by molar-refractivity contribution is -0.111. The molecule has 0 aromatic heterocycles. The number of benzene rings is 1. The van der Waals surface area contributed by atoms with Gasteiger partial charge in [-0.1, -0.05) is 6.58 Å². The van der Waals surface area contributed by atoms with E-state index in [9.17, 15) is 14.4 Å². The fourth-order valence-electron chi connectivity index (χ4n) is 1.51. The van der Waals surface area contributed by atoms with E-state index in [1.54, 1.807) is 0 Å². The first-order valence-electron chi connectivity index (χ1n) is 4.92. The summed E-state index contributed by atoms with van der Waals surface area (Å²) in [5.74, 6) is -3.11. The minimum Gasteiger partial charge on any atom is -0.478 e. The Labute approximate surface area is 103 Å². The predicted molar refractivity (Wildman–Crippen MR) is 63.9 cm³/mol. The molecule has 3 N–H and O–H groups in total. The zero-order valence-electron chi connectivity index (χ0n) is 9.56. The number of carbonyl (C=O) groups is 3. The van der Waals surface area contributed by atoms with Crippen LogP contribution in [0.15, 0.2) is 24.8 Å². The monoisotopic (exact) mass is 249 g/mol. The van der Waals surface area contributed by atoms with E-state index in [0.29, 0.717) is 0 Å². The lowest BCUT2D eigenvalue weighted by Gasteiger charge is -2.11. The van der Waals surface area contributed by atoms with Crippen LogP contribution >= 0.6 is 0 Å². The number of anilines is 1. The topological polar surface area (TPSA) is 104 Å². The van der Waals surface area contributed by atoms with Crippen LogP contribution in [0.1, 0.15) is 26.3 Å². The summed E-state index contributed by atoms with van der Waals surface area (Å²) in [4.78, 5) is 33.2. The number of aromatic carboxylic acids is 2. The average molecular weight is 249 g/mol. The molecule has 1 rings (SSSR count). The SMILES string of the molecule is C=CC(=O)Nc1ccc(C(=O)O)c(C)c1C(=O)O. The molecular formula is C12H11NO5. The smallest absolute Gasteiger partial charge is 0.338 e. The molecule has 0 spiro atoms. The van der Waals surface area contributed by atoms with Gasteiger partial charge in [0.05, 0.1) is 16.8 Å². The summed E-state index contributed by atoms with van der Waals surface area (Å²) in [7, 11) is 0. The molecule has 1 aromatic rings. The van der Waals surface area contributed by atoms with Crippen molar-refractivity contribution in [2.24, 2.45) is 0 Å². The van der Waals surface area contributed by atoms with Gasteiger partial charge < -0.3 is 15.5 Å². The van der Waals surface area contributed by atoms with Crippen molar-refractivity contribution in [1.29, 1.82) is 0 Å². The quantitative estimate of drug-likeness (QED) is 0.702. The molecule has 0 aliphatic heterocycles. The second-order valence-electron chi connectivity index (χ2n) is 3.46. The highest BCUT2D eigenvalue weighted by Gasteiger charge is 2.19. The third-order valence-electron chi connectivity index (χ3n) is 2.35. The van der Waals surface area contributed by atoms with Gasteiger partial charge >= 0.3 is 11.9 Å². The maximum atomic E-state index is 11.1. The van der Waals surface area contributed by atoms with Crippen LogP contribution in [-0.4, -0.2) is 28.1 Å². The van der Waals surface area contributed by atoms with Crippen LogP contribution in [0.3, 0.4) is 0 Å². The molecule has 0 saturated carbocycles. The van der Waals surface area contributed by atoms with Crippen LogP contribution in [0.2, 0.25) is 0 Å². The Hall–Kier alpha value is -2.63. The van der Waals surface area contributed by atoms with Crippen LogP contribution < -0.4 is 5.32 Å². The molecule has 0 saturated heterocycles. The minimum atomic E-state index is -1.31. The third-order valence-corrected chi connectivity index (χ3v) is 2.35. The third kappa shape index (κ3) is 2.54. The van der Waals surface area contributed by atoms with Crippen molar-refractivity contribution < 1.29 is 24.6 Å². The number of carboxylic acids is 2. The fourth-order valence-corrected chi connectivity index (χ4v) is 1.51. The van der Waals surface area contributed by atoms with E-state index >= 15 is 0 Å². The second-order valence-corrected chi connectivity index (χ2v) is 3.46. The zero-order valence-corrected chi connectivity index (χ0v) is 9.56. The zero-order chi connectivity index (χ0) is 13.9. The molecular weight excluding hydrogens is 238 g/mol. The first kappa shape index (κ1) is 13.4. The van der Waals surface area contributed by atoms with Gasteiger partial charge in [0, 0.05) is 0 Å². The van der Waals surface area contributed by atoms with Gasteiger partial charge in [0.15, 0.2) is 0 Å². The summed E-state index contributed by atoms with van der Waals surface area (Å²) >= 11 is 0. The predicted octanol–water partition coefficient (Wildman–Crippen LogP) is 1.52. The highest BCUT2D eigenvalue weighted by molar-refractivity contribution is 6.06. The molecule has 0 aliphatic rings. The first-order chi connectivity index (χ1) is 8.38. The number of amides is 1. The van der Waals surface area contributed by atoms with Crippen LogP contribution in [0.5, 0.6) is 0 Å². The number of hydrogen-bond donors (Lipinski definition) is 3.